The summed E-state index contributed by atoms with van der Waals surface area (Å²) in [6.45, 7) is 6.68. The number of rotatable bonds is 11. The second kappa shape index (κ2) is 13.1. The first-order valence-corrected chi connectivity index (χ1v) is 11.6. The van der Waals surface area contributed by atoms with Gasteiger partial charge in [0.2, 0.25) is 0 Å². The van der Waals surface area contributed by atoms with Crippen LogP contribution in [0, 0.1) is 10.1 Å². The molecule has 0 spiro atoms. The maximum atomic E-state index is 12.5. The highest BCUT2D eigenvalue weighted by Gasteiger charge is 2.20. The molecule has 3 rings (SSSR count). The number of carbonyl (C=O) groups is 2. The second-order valence-corrected chi connectivity index (χ2v) is 7.62. The van der Waals surface area contributed by atoms with Crippen LogP contribution >= 0.6 is 0 Å². The molecule has 1 aliphatic rings. The van der Waals surface area contributed by atoms with E-state index < -0.39 is 23.4 Å². The molecular weight excluding hydrogens is 470 g/mol. The van der Waals surface area contributed by atoms with Gasteiger partial charge in [0.15, 0.2) is 6.61 Å². The van der Waals surface area contributed by atoms with Crippen LogP contribution in [0.1, 0.15) is 19.4 Å². The molecule has 2 aromatic carbocycles. The molecule has 1 fully saturated rings. The summed E-state index contributed by atoms with van der Waals surface area (Å²) in [4.78, 5) is 36.9. The average molecular weight is 500 g/mol. The van der Waals surface area contributed by atoms with E-state index in [-0.39, 0.29) is 5.69 Å². The van der Waals surface area contributed by atoms with E-state index in [0.29, 0.717) is 62.3 Å². The van der Waals surface area contributed by atoms with E-state index in [2.05, 4.69) is 10.2 Å². The van der Waals surface area contributed by atoms with Crippen molar-refractivity contribution in [2.24, 2.45) is 0 Å². The summed E-state index contributed by atoms with van der Waals surface area (Å²) >= 11 is 0. The zero-order valence-electron chi connectivity index (χ0n) is 20.2. The number of esters is 1. The molecule has 11 heteroatoms. The highest BCUT2D eigenvalue weighted by Crippen LogP contribution is 2.39. The lowest BCUT2D eigenvalue weighted by atomic mass is 10.2. The molecule has 192 valence electrons. The molecular formula is C25H29N3O8. The second-order valence-electron chi connectivity index (χ2n) is 7.62. The summed E-state index contributed by atoms with van der Waals surface area (Å²) < 4.78 is 22.0. The zero-order chi connectivity index (χ0) is 25.9. The van der Waals surface area contributed by atoms with Crippen LogP contribution in [0.3, 0.4) is 0 Å². The smallest absolute Gasteiger partial charge is 0.331 e. The van der Waals surface area contributed by atoms with Crippen LogP contribution in [-0.2, 0) is 19.1 Å². The molecule has 0 aromatic heterocycles. The van der Waals surface area contributed by atoms with Gasteiger partial charge in [0.25, 0.3) is 11.6 Å². The molecule has 1 amide bonds. The summed E-state index contributed by atoms with van der Waals surface area (Å²) in [7, 11) is 0. The topological polar surface area (TPSA) is 129 Å². The number of ether oxygens (including phenoxy) is 4. The quantitative estimate of drug-likeness (QED) is 0.214. The first-order chi connectivity index (χ1) is 17.4. The molecule has 36 heavy (non-hydrogen) atoms. The van der Waals surface area contributed by atoms with Gasteiger partial charge in [-0.25, -0.2) is 4.79 Å². The van der Waals surface area contributed by atoms with Crippen molar-refractivity contribution in [1.29, 1.82) is 0 Å². The summed E-state index contributed by atoms with van der Waals surface area (Å²) in [5.41, 5.74) is 1.78. The molecule has 0 radical (unpaired) electrons. The Morgan fingerprint density at radius 1 is 1.08 bits per heavy atom. The molecule has 2 aromatic rings. The molecule has 0 bridgehead atoms. The van der Waals surface area contributed by atoms with E-state index in [4.69, 9.17) is 18.9 Å². The third kappa shape index (κ3) is 7.44. The lowest BCUT2D eigenvalue weighted by Crippen LogP contribution is -2.36. The number of nitro benzene ring substituents is 1. The molecule has 0 saturated carbocycles. The highest BCUT2D eigenvalue weighted by molar-refractivity contribution is 5.96. The number of anilines is 2. The van der Waals surface area contributed by atoms with Crippen LogP contribution in [0.2, 0.25) is 0 Å². The van der Waals surface area contributed by atoms with Crippen molar-refractivity contribution in [2.45, 2.75) is 13.8 Å². The molecule has 1 N–H and O–H groups in total. The van der Waals surface area contributed by atoms with Crippen molar-refractivity contribution in [3.05, 3.63) is 58.2 Å². The molecule has 11 nitrogen and oxygen atoms in total. The predicted molar refractivity (Wildman–Crippen MR) is 134 cm³/mol. The van der Waals surface area contributed by atoms with Crippen molar-refractivity contribution in [3.8, 4) is 11.5 Å². The van der Waals surface area contributed by atoms with E-state index in [9.17, 15) is 19.7 Å². The van der Waals surface area contributed by atoms with Gasteiger partial charge in [0, 0.05) is 43.4 Å². The summed E-state index contributed by atoms with van der Waals surface area (Å²) in [6.07, 6.45) is 2.58. The van der Waals surface area contributed by atoms with E-state index in [0.717, 1.165) is 11.8 Å². The van der Waals surface area contributed by atoms with E-state index in [1.165, 1.54) is 30.3 Å². The number of carbonyl (C=O) groups excluding carboxylic acids is 2. The Labute approximate surface area is 208 Å². The van der Waals surface area contributed by atoms with Crippen molar-refractivity contribution in [3.63, 3.8) is 0 Å². The normalized spacial score (nSPS) is 13.3. The van der Waals surface area contributed by atoms with Crippen molar-refractivity contribution in [2.75, 3.05) is 56.3 Å². The number of nitrogens with one attached hydrogen (secondary N) is 1. The Balaban J connectivity index is 1.64. The Morgan fingerprint density at radius 2 is 1.75 bits per heavy atom. The first-order valence-electron chi connectivity index (χ1n) is 11.6. The van der Waals surface area contributed by atoms with E-state index in [1.807, 2.05) is 19.9 Å². The maximum absolute atomic E-state index is 12.5. The van der Waals surface area contributed by atoms with Crippen LogP contribution in [0.15, 0.2) is 42.5 Å². The van der Waals surface area contributed by atoms with Gasteiger partial charge in [-0.2, -0.15) is 0 Å². The lowest BCUT2D eigenvalue weighted by molar-refractivity contribution is -0.384. The number of amides is 1. The fourth-order valence-electron chi connectivity index (χ4n) is 3.49. The predicted octanol–water partition coefficient (Wildman–Crippen LogP) is 3.42. The minimum Gasteiger partial charge on any atom is -0.492 e. The standard InChI is InChI=1S/C25H29N3O8/c1-3-34-22-16-21(27-11-13-33-14-12-27)23(35-4-2)15-20(22)26-24(29)17-36-25(30)10-7-18-5-8-19(9-6-18)28(31)32/h5-10,15-16H,3-4,11-14,17H2,1-2H3,(H,26,29). The Hall–Kier alpha value is -4.12. The number of hydrogen-bond donors (Lipinski definition) is 1. The fraction of sp³-hybridized carbons (Fsp3) is 0.360. The summed E-state index contributed by atoms with van der Waals surface area (Å²) in [5.74, 6) is -0.206. The van der Waals surface area contributed by atoms with Crippen LogP contribution in [-0.4, -0.2) is 62.9 Å². The minimum absolute atomic E-state index is 0.0525. The largest absolute Gasteiger partial charge is 0.492 e. The van der Waals surface area contributed by atoms with Crippen molar-refractivity contribution >= 4 is 35.0 Å². The average Bonchev–Trinajstić information content (AvgIpc) is 2.88. The molecule has 0 unspecified atom stereocenters. The molecule has 1 saturated heterocycles. The molecule has 0 atom stereocenters. The van der Waals surface area contributed by atoms with Gasteiger partial charge in [-0.3, -0.25) is 14.9 Å². The number of benzene rings is 2. The van der Waals surface area contributed by atoms with Gasteiger partial charge in [0.1, 0.15) is 11.5 Å². The first kappa shape index (κ1) is 26.5. The summed E-state index contributed by atoms with van der Waals surface area (Å²) in [5, 5.41) is 13.4. The number of non-ortho nitro benzene ring substituents is 1. The number of hydrogen-bond acceptors (Lipinski definition) is 9. The van der Waals surface area contributed by atoms with E-state index >= 15 is 0 Å². The van der Waals surface area contributed by atoms with Gasteiger partial charge < -0.3 is 29.2 Å². The third-order valence-electron chi connectivity index (χ3n) is 5.15. The molecule has 0 aliphatic carbocycles. The Kier molecular flexibility index (Phi) is 9.64. The van der Waals surface area contributed by atoms with E-state index in [1.54, 1.807) is 6.07 Å². The van der Waals surface area contributed by atoms with Crippen molar-refractivity contribution < 1.29 is 33.5 Å². The fourth-order valence-corrected chi connectivity index (χ4v) is 3.49. The Bertz CT molecular complexity index is 1100. The van der Waals surface area contributed by atoms with Gasteiger partial charge in [-0.1, -0.05) is 0 Å². The van der Waals surface area contributed by atoms with Gasteiger partial charge in [-0.15, -0.1) is 0 Å². The van der Waals surface area contributed by atoms with Crippen LogP contribution < -0.4 is 19.7 Å². The van der Waals surface area contributed by atoms with Crippen LogP contribution in [0.4, 0.5) is 17.1 Å². The zero-order valence-corrected chi connectivity index (χ0v) is 20.2. The lowest BCUT2D eigenvalue weighted by Gasteiger charge is -2.31. The van der Waals surface area contributed by atoms with Gasteiger partial charge in [-0.05, 0) is 37.6 Å². The highest BCUT2D eigenvalue weighted by atomic mass is 16.6. The third-order valence-corrected chi connectivity index (χ3v) is 5.15. The minimum atomic E-state index is -0.730. The van der Waals surface area contributed by atoms with Gasteiger partial charge >= 0.3 is 5.97 Å². The molecule has 1 aliphatic heterocycles. The maximum Gasteiger partial charge on any atom is 0.331 e. The summed E-state index contributed by atoms with van der Waals surface area (Å²) in [6, 6.07) is 9.19. The number of nitro groups is 1. The van der Waals surface area contributed by atoms with Crippen molar-refractivity contribution in [1.82, 2.24) is 0 Å². The molecule has 1 heterocycles. The number of morpholine rings is 1. The van der Waals surface area contributed by atoms with Gasteiger partial charge in [0.05, 0.1) is 42.7 Å². The monoisotopic (exact) mass is 499 g/mol. The van der Waals surface area contributed by atoms with Crippen LogP contribution in [0.5, 0.6) is 11.5 Å². The van der Waals surface area contributed by atoms with Crippen LogP contribution in [0.25, 0.3) is 6.08 Å². The number of nitrogens with zero attached hydrogens (tertiary/aromatic N) is 2. The Morgan fingerprint density at radius 3 is 2.39 bits per heavy atom. The SMILES string of the molecule is CCOc1cc(N2CCOCC2)c(OCC)cc1NC(=O)COC(=O)C=Cc1ccc([N+](=O)[O-])cc1.